The molecule has 7 heteroatoms. The number of nitrogens with one attached hydrogen (secondary N) is 1. The second-order valence-corrected chi connectivity index (χ2v) is 6.65. The van der Waals surface area contributed by atoms with Gasteiger partial charge in [0.1, 0.15) is 6.26 Å². The monoisotopic (exact) mass is 376 g/mol. The first-order chi connectivity index (χ1) is 13.5. The normalized spacial score (nSPS) is 11.1. The molecule has 0 fully saturated rings. The van der Waals surface area contributed by atoms with Crippen molar-refractivity contribution in [3.05, 3.63) is 71.0 Å². The lowest BCUT2D eigenvalue weighted by molar-refractivity contribution is -0.116. The van der Waals surface area contributed by atoms with E-state index in [1.807, 2.05) is 49.4 Å². The van der Waals surface area contributed by atoms with Crippen molar-refractivity contribution in [1.82, 2.24) is 14.1 Å². The van der Waals surface area contributed by atoms with E-state index in [9.17, 15) is 9.59 Å². The molecule has 1 N–H and O–H groups in total. The lowest BCUT2D eigenvalue weighted by atomic mass is 10.1. The highest BCUT2D eigenvalue weighted by molar-refractivity contribution is 5.92. The van der Waals surface area contributed by atoms with Crippen molar-refractivity contribution >= 4 is 22.6 Å². The molecular weight excluding hydrogens is 356 g/mol. The van der Waals surface area contributed by atoms with Crippen molar-refractivity contribution in [2.75, 3.05) is 5.32 Å². The van der Waals surface area contributed by atoms with Gasteiger partial charge in [0.15, 0.2) is 0 Å². The SMILES string of the molecule is Cc1ccc(-c2ncco2)cc1NC(=O)CCn1c(=O)n(C)c2ccccc21. The third kappa shape index (κ3) is 3.22. The summed E-state index contributed by atoms with van der Waals surface area (Å²) in [6.07, 6.45) is 3.28. The summed E-state index contributed by atoms with van der Waals surface area (Å²) in [5.41, 5.74) is 3.97. The number of carbonyl (C=O) groups is 1. The number of anilines is 1. The van der Waals surface area contributed by atoms with Crippen LogP contribution in [0.5, 0.6) is 0 Å². The molecule has 0 spiro atoms. The van der Waals surface area contributed by atoms with Crippen molar-refractivity contribution in [2.45, 2.75) is 19.9 Å². The first-order valence-electron chi connectivity index (χ1n) is 8.99. The summed E-state index contributed by atoms with van der Waals surface area (Å²) in [6.45, 7) is 2.23. The number of oxazole rings is 1. The van der Waals surface area contributed by atoms with Gasteiger partial charge in [-0.2, -0.15) is 0 Å². The van der Waals surface area contributed by atoms with E-state index in [1.54, 1.807) is 22.4 Å². The first kappa shape index (κ1) is 17.8. The van der Waals surface area contributed by atoms with Crippen LogP contribution in [0, 0.1) is 6.92 Å². The van der Waals surface area contributed by atoms with Crippen molar-refractivity contribution in [2.24, 2.45) is 7.05 Å². The largest absolute Gasteiger partial charge is 0.445 e. The van der Waals surface area contributed by atoms with Gasteiger partial charge in [-0.3, -0.25) is 13.9 Å². The fourth-order valence-electron chi connectivity index (χ4n) is 3.26. The van der Waals surface area contributed by atoms with Crippen LogP contribution in [0.1, 0.15) is 12.0 Å². The molecule has 7 nitrogen and oxygen atoms in total. The molecule has 4 aromatic rings. The Bertz CT molecular complexity index is 1200. The predicted octanol–water partition coefficient (Wildman–Crippen LogP) is 3.33. The van der Waals surface area contributed by atoms with E-state index >= 15 is 0 Å². The van der Waals surface area contributed by atoms with E-state index in [0.717, 1.165) is 22.2 Å². The minimum absolute atomic E-state index is 0.129. The molecule has 0 radical (unpaired) electrons. The van der Waals surface area contributed by atoms with E-state index in [4.69, 9.17) is 4.42 Å². The van der Waals surface area contributed by atoms with Crippen LogP contribution < -0.4 is 11.0 Å². The first-order valence-corrected chi connectivity index (χ1v) is 8.99. The molecule has 0 atom stereocenters. The average Bonchev–Trinajstić information content (AvgIpc) is 3.31. The summed E-state index contributed by atoms with van der Waals surface area (Å²) in [5, 5.41) is 2.93. The number of amides is 1. The molecule has 0 unspecified atom stereocenters. The molecule has 0 aliphatic heterocycles. The highest BCUT2D eigenvalue weighted by atomic mass is 16.3. The lowest BCUT2D eigenvalue weighted by Gasteiger charge is -2.10. The molecule has 142 valence electrons. The van der Waals surface area contributed by atoms with Gasteiger partial charge < -0.3 is 9.73 Å². The summed E-state index contributed by atoms with van der Waals surface area (Å²) in [7, 11) is 1.73. The zero-order valence-electron chi connectivity index (χ0n) is 15.7. The fourth-order valence-corrected chi connectivity index (χ4v) is 3.26. The van der Waals surface area contributed by atoms with Gasteiger partial charge in [0.05, 0.1) is 17.2 Å². The summed E-state index contributed by atoms with van der Waals surface area (Å²) in [4.78, 5) is 29.1. The van der Waals surface area contributed by atoms with Crippen molar-refractivity contribution in [3.8, 4) is 11.5 Å². The number of imidazole rings is 1. The molecule has 2 aromatic heterocycles. The maximum Gasteiger partial charge on any atom is 0.328 e. The van der Waals surface area contributed by atoms with Crippen LogP contribution in [0.4, 0.5) is 5.69 Å². The third-order valence-electron chi connectivity index (χ3n) is 4.81. The molecule has 0 saturated carbocycles. The molecule has 2 aromatic carbocycles. The number of carbonyl (C=O) groups excluding carboxylic acids is 1. The second kappa shape index (κ2) is 7.19. The van der Waals surface area contributed by atoms with Crippen LogP contribution in [-0.2, 0) is 18.4 Å². The van der Waals surface area contributed by atoms with Crippen molar-refractivity contribution in [1.29, 1.82) is 0 Å². The Kier molecular flexibility index (Phi) is 4.57. The van der Waals surface area contributed by atoms with E-state index in [-0.39, 0.29) is 18.0 Å². The molecule has 2 heterocycles. The minimum atomic E-state index is -0.160. The minimum Gasteiger partial charge on any atom is -0.445 e. The van der Waals surface area contributed by atoms with Crippen LogP contribution in [0.3, 0.4) is 0 Å². The number of nitrogens with zero attached hydrogens (tertiary/aromatic N) is 3. The molecule has 0 saturated heterocycles. The predicted molar refractivity (Wildman–Crippen MR) is 107 cm³/mol. The van der Waals surface area contributed by atoms with Crippen molar-refractivity contribution < 1.29 is 9.21 Å². The maximum atomic E-state index is 12.5. The summed E-state index contributed by atoms with van der Waals surface area (Å²) in [5.74, 6) is 0.338. The van der Waals surface area contributed by atoms with E-state index < -0.39 is 0 Å². The number of hydrogen-bond donors (Lipinski definition) is 1. The van der Waals surface area contributed by atoms with Crippen LogP contribution >= 0.6 is 0 Å². The van der Waals surface area contributed by atoms with E-state index in [2.05, 4.69) is 10.3 Å². The number of rotatable bonds is 5. The van der Waals surface area contributed by atoms with Crippen LogP contribution in [0.25, 0.3) is 22.5 Å². The van der Waals surface area contributed by atoms with E-state index in [1.165, 1.54) is 6.26 Å². The van der Waals surface area contributed by atoms with Gasteiger partial charge in [0.2, 0.25) is 11.8 Å². The topological polar surface area (TPSA) is 82.1 Å². The number of aryl methyl sites for hydroxylation is 3. The van der Waals surface area contributed by atoms with Crippen LogP contribution in [0.2, 0.25) is 0 Å². The van der Waals surface area contributed by atoms with Gasteiger partial charge >= 0.3 is 5.69 Å². The molecule has 0 bridgehead atoms. The number of benzene rings is 2. The standard InChI is InChI=1S/C21H20N4O3/c1-14-7-8-15(20-22-10-12-28-20)13-16(14)23-19(26)9-11-25-18-6-4-3-5-17(18)24(2)21(25)27/h3-8,10,12-13H,9,11H2,1-2H3,(H,23,26). The van der Waals surface area contributed by atoms with Crippen molar-refractivity contribution in [3.63, 3.8) is 0 Å². The average molecular weight is 376 g/mol. The van der Waals surface area contributed by atoms with Gasteiger partial charge in [0.25, 0.3) is 0 Å². The number of hydrogen-bond acceptors (Lipinski definition) is 4. The molecule has 1 amide bonds. The van der Waals surface area contributed by atoms with Gasteiger partial charge in [-0.15, -0.1) is 0 Å². The molecule has 28 heavy (non-hydrogen) atoms. The van der Waals surface area contributed by atoms with Gasteiger partial charge in [-0.05, 0) is 36.8 Å². The number of para-hydroxylation sites is 2. The Hall–Kier alpha value is -3.61. The Morgan fingerprint density at radius 2 is 1.96 bits per heavy atom. The van der Waals surface area contributed by atoms with Gasteiger partial charge in [0, 0.05) is 31.3 Å². The molecular formula is C21H20N4O3. The zero-order valence-corrected chi connectivity index (χ0v) is 15.7. The Labute approximate surface area is 161 Å². The maximum absolute atomic E-state index is 12.5. The third-order valence-corrected chi connectivity index (χ3v) is 4.81. The van der Waals surface area contributed by atoms with E-state index in [0.29, 0.717) is 18.1 Å². The quantitative estimate of drug-likeness (QED) is 0.579. The molecule has 0 aliphatic carbocycles. The van der Waals surface area contributed by atoms with Crippen LogP contribution in [0.15, 0.2) is 64.1 Å². The second-order valence-electron chi connectivity index (χ2n) is 6.65. The Morgan fingerprint density at radius 3 is 2.71 bits per heavy atom. The summed E-state index contributed by atoms with van der Waals surface area (Å²) >= 11 is 0. The summed E-state index contributed by atoms with van der Waals surface area (Å²) < 4.78 is 8.54. The summed E-state index contributed by atoms with van der Waals surface area (Å²) in [6, 6.07) is 13.2. The highest BCUT2D eigenvalue weighted by Crippen LogP contribution is 2.24. The Morgan fingerprint density at radius 1 is 1.18 bits per heavy atom. The number of fused-ring (bicyclic) bond motifs is 1. The Balaban J connectivity index is 1.51. The van der Waals surface area contributed by atoms with Gasteiger partial charge in [-0.25, -0.2) is 9.78 Å². The molecule has 0 aliphatic rings. The number of aromatic nitrogens is 3. The van der Waals surface area contributed by atoms with Crippen LogP contribution in [-0.4, -0.2) is 20.0 Å². The molecule has 4 rings (SSSR count). The lowest BCUT2D eigenvalue weighted by Crippen LogP contribution is -2.24. The fraction of sp³-hybridized carbons (Fsp3) is 0.190. The zero-order chi connectivity index (χ0) is 19.7. The smallest absolute Gasteiger partial charge is 0.328 e. The van der Waals surface area contributed by atoms with Gasteiger partial charge in [-0.1, -0.05) is 18.2 Å². The highest BCUT2D eigenvalue weighted by Gasteiger charge is 2.13.